The van der Waals surface area contributed by atoms with Gasteiger partial charge in [-0.25, -0.2) is 0 Å². The number of aromatic nitrogens is 1. The van der Waals surface area contributed by atoms with Crippen molar-refractivity contribution in [2.45, 2.75) is 94.5 Å². The summed E-state index contributed by atoms with van der Waals surface area (Å²) >= 11 is 0. The number of nitrogens with zero attached hydrogens (tertiary/aromatic N) is 3. The van der Waals surface area contributed by atoms with Gasteiger partial charge in [-0.05, 0) is 68.3 Å². The third kappa shape index (κ3) is 3.98. The van der Waals surface area contributed by atoms with Crippen LogP contribution in [0.3, 0.4) is 0 Å². The number of H-pyrrole nitrogens is 1. The Balaban J connectivity index is 1.09. The Labute approximate surface area is 251 Å². The lowest BCUT2D eigenvalue weighted by molar-refractivity contribution is -0.316. The first-order valence-corrected chi connectivity index (χ1v) is 16.1. The minimum Gasteiger partial charge on any atom is -0.361 e. The molecule has 0 radical (unpaired) electrons. The largest absolute Gasteiger partial charge is 0.361 e. The van der Waals surface area contributed by atoms with Gasteiger partial charge in [0.2, 0.25) is 17.5 Å². The third-order valence-electron chi connectivity index (χ3n) is 11.1. The average Bonchev–Trinajstić information content (AvgIpc) is 3.70. The highest BCUT2D eigenvalue weighted by molar-refractivity contribution is 6.00. The van der Waals surface area contributed by atoms with Crippen molar-refractivity contribution in [1.29, 1.82) is 0 Å². The molecular weight excluding hydrogens is 546 g/mol. The summed E-state index contributed by atoms with van der Waals surface area (Å²) in [4.78, 5) is 50.6. The van der Waals surface area contributed by atoms with Crippen molar-refractivity contribution in [3.8, 4) is 0 Å². The number of nitrogens with one attached hydrogen (secondary N) is 2. The van der Waals surface area contributed by atoms with Crippen LogP contribution in [0, 0.1) is 11.8 Å². The number of carbonyl (C=O) groups is 3. The van der Waals surface area contributed by atoms with Gasteiger partial charge in [-0.2, -0.15) is 0 Å². The molecule has 5 heterocycles. The van der Waals surface area contributed by atoms with Crippen molar-refractivity contribution in [3.63, 3.8) is 0 Å². The Morgan fingerprint density at radius 3 is 2.79 bits per heavy atom. The molecule has 228 valence electrons. The first-order chi connectivity index (χ1) is 20.7. The maximum atomic E-state index is 14.2. The van der Waals surface area contributed by atoms with Crippen LogP contribution in [0.25, 0.3) is 16.5 Å². The average molecular weight is 588 g/mol. The monoisotopic (exact) mass is 587 g/mol. The normalized spacial score (nSPS) is 36.0. The Kier molecular flexibility index (Phi) is 6.13. The number of fused-ring (bicyclic) bond motifs is 5. The molecule has 1 aromatic carbocycles. The van der Waals surface area contributed by atoms with Crippen LogP contribution in [0.2, 0.25) is 0 Å². The fourth-order valence-electron chi connectivity index (χ4n) is 9.05. The predicted octanol–water partition coefficient (Wildman–Crippen LogP) is 2.72. The molecule has 0 bridgehead atoms. The molecule has 3 N–H and O–H groups in total. The lowest BCUT2D eigenvalue weighted by atomic mass is 9.79. The van der Waals surface area contributed by atoms with Crippen LogP contribution >= 0.6 is 0 Å². The highest BCUT2D eigenvalue weighted by atomic mass is 16.7. The van der Waals surface area contributed by atoms with Gasteiger partial charge in [-0.15, -0.1) is 0 Å². The minimum atomic E-state index is -1.97. The molecule has 8 rings (SSSR count). The van der Waals surface area contributed by atoms with Crippen molar-refractivity contribution in [3.05, 3.63) is 41.6 Å². The molecule has 1 aromatic heterocycles. The zero-order valence-electron chi connectivity index (χ0n) is 25.0. The van der Waals surface area contributed by atoms with Gasteiger partial charge in [0.15, 0.2) is 0 Å². The summed E-state index contributed by atoms with van der Waals surface area (Å²) in [5, 5.41) is 16.2. The molecule has 6 aliphatic rings. The molecule has 2 aromatic rings. The van der Waals surface area contributed by atoms with Crippen LogP contribution < -0.4 is 5.32 Å². The fraction of sp³-hybridized carbons (Fsp3) is 0.606. The Hall–Kier alpha value is -3.21. The number of aromatic amines is 1. The zero-order chi connectivity index (χ0) is 29.7. The molecular formula is C33H41N5O5. The van der Waals surface area contributed by atoms with E-state index in [0.29, 0.717) is 31.8 Å². The van der Waals surface area contributed by atoms with Gasteiger partial charge < -0.3 is 20.3 Å². The van der Waals surface area contributed by atoms with Gasteiger partial charge in [0.1, 0.15) is 12.1 Å². The van der Waals surface area contributed by atoms with E-state index in [-0.39, 0.29) is 17.9 Å². The van der Waals surface area contributed by atoms with E-state index < -0.39 is 35.5 Å². The maximum Gasteiger partial charge on any atom is 0.280 e. The van der Waals surface area contributed by atoms with Gasteiger partial charge in [-0.1, -0.05) is 50.3 Å². The number of likely N-dealkylation sites (N-methyl/N-ethyl adjacent to an activating group) is 1. The third-order valence-corrected chi connectivity index (χ3v) is 11.1. The first kappa shape index (κ1) is 27.3. The smallest absolute Gasteiger partial charge is 0.280 e. The highest BCUT2D eigenvalue weighted by Gasteiger charge is 2.70. The topological polar surface area (TPSA) is 118 Å². The molecule has 0 unspecified atom stereocenters. The molecule has 1 saturated carbocycles. The summed E-state index contributed by atoms with van der Waals surface area (Å²) in [6.45, 7) is 2.56. The van der Waals surface area contributed by atoms with Gasteiger partial charge >= 0.3 is 0 Å². The second-order valence-corrected chi connectivity index (χ2v) is 13.8. The number of piperazine rings is 1. The van der Waals surface area contributed by atoms with Crippen molar-refractivity contribution in [1.82, 2.24) is 25.0 Å². The van der Waals surface area contributed by atoms with E-state index in [0.717, 1.165) is 55.2 Å². The summed E-state index contributed by atoms with van der Waals surface area (Å²) in [6, 6.07) is 4.93. The number of hydrogen-bond acceptors (Lipinski definition) is 6. The van der Waals surface area contributed by atoms with Gasteiger partial charge in [-0.3, -0.25) is 28.9 Å². The number of aliphatic hydroxyl groups is 1. The summed E-state index contributed by atoms with van der Waals surface area (Å²) in [6.07, 6.45) is 12.2. The van der Waals surface area contributed by atoms with Gasteiger partial charge in [0.05, 0.1) is 5.92 Å². The summed E-state index contributed by atoms with van der Waals surface area (Å²) in [5.41, 5.74) is 2.82. The van der Waals surface area contributed by atoms with Crippen LogP contribution in [0.15, 0.2) is 30.5 Å². The van der Waals surface area contributed by atoms with E-state index in [1.54, 1.807) is 4.90 Å². The fourth-order valence-corrected chi connectivity index (χ4v) is 9.05. The number of hydrogen-bond donors (Lipinski definition) is 3. The highest BCUT2D eigenvalue weighted by Crippen LogP contribution is 2.47. The molecule has 3 saturated heterocycles. The van der Waals surface area contributed by atoms with Gasteiger partial charge in [0.25, 0.3) is 11.8 Å². The van der Waals surface area contributed by atoms with E-state index in [1.807, 2.05) is 19.2 Å². The Morgan fingerprint density at radius 1 is 1.16 bits per heavy atom. The number of rotatable bonds is 4. The Bertz CT molecular complexity index is 1550. The van der Waals surface area contributed by atoms with E-state index in [4.69, 9.17) is 4.74 Å². The van der Waals surface area contributed by atoms with Crippen molar-refractivity contribution < 1.29 is 24.2 Å². The van der Waals surface area contributed by atoms with Gasteiger partial charge in [0, 0.05) is 36.2 Å². The molecule has 4 fully saturated rings. The van der Waals surface area contributed by atoms with Crippen LogP contribution in [0.4, 0.5) is 0 Å². The summed E-state index contributed by atoms with van der Waals surface area (Å²) in [5.74, 6) is -3.15. The minimum absolute atomic E-state index is 0.106. The van der Waals surface area contributed by atoms with Crippen molar-refractivity contribution >= 4 is 34.2 Å². The number of amides is 3. The quantitative estimate of drug-likeness (QED) is 0.507. The van der Waals surface area contributed by atoms with E-state index in [9.17, 15) is 19.5 Å². The van der Waals surface area contributed by atoms with E-state index in [2.05, 4.69) is 33.5 Å². The standard InChI is InChI=1S/C33H41N5O5/c1-32(35-29(39)21-15-23-22-10-6-11-24-28(22)20(17-34-24)16-25(23)36(2)18-21)31(41)38-26(14-19-8-4-3-5-9-19)30(40)37-13-7-12-27(37)33(38,42)43-32/h6,10-11,15,17,19,21,25-27,34,42H,3-5,7-9,12-14,16,18H2,1-2H3,(H,35,39)/t21-,25-,26+,27+,32-,33+/m1/s1. The number of carbonyl (C=O) groups excluding carboxylic acids is 3. The first-order valence-electron chi connectivity index (χ1n) is 16.1. The predicted molar refractivity (Wildman–Crippen MR) is 159 cm³/mol. The second kappa shape index (κ2) is 9.64. The number of ether oxygens (including phenoxy) is 1. The summed E-state index contributed by atoms with van der Waals surface area (Å²) in [7, 11) is 2.04. The van der Waals surface area contributed by atoms with E-state index in [1.165, 1.54) is 29.2 Å². The molecule has 43 heavy (non-hydrogen) atoms. The Morgan fingerprint density at radius 2 is 1.98 bits per heavy atom. The molecule has 6 atom stereocenters. The summed E-state index contributed by atoms with van der Waals surface area (Å²) < 4.78 is 6.28. The van der Waals surface area contributed by atoms with Crippen LogP contribution in [0.1, 0.15) is 69.4 Å². The van der Waals surface area contributed by atoms with Crippen LogP contribution in [0.5, 0.6) is 0 Å². The zero-order valence-corrected chi connectivity index (χ0v) is 25.0. The lowest BCUT2D eigenvalue weighted by Crippen LogP contribution is -2.71. The lowest BCUT2D eigenvalue weighted by Gasteiger charge is -2.49. The van der Waals surface area contributed by atoms with Crippen LogP contribution in [-0.2, 0) is 25.5 Å². The number of benzene rings is 1. The van der Waals surface area contributed by atoms with E-state index >= 15 is 0 Å². The molecule has 10 heteroatoms. The molecule has 10 nitrogen and oxygen atoms in total. The van der Waals surface area contributed by atoms with Crippen LogP contribution in [-0.4, -0.2) is 92.4 Å². The van der Waals surface area contributed by atoms with Crippen molar-refractivity contribution in [2.24, 2.45) is 11.8 Å². The second-order valence-electron chi connectivity index (χ2n) is 13.8. The maximum absolute atomic E-state index is 14.2. The van der Waals surface area contributed by atoms with Crippen molar-refractivity contribution in [2.75, 3.05) is 20.1 Å². The molecule has 3 amide bonds. The molecule has 2 aliphatic carbocycles. The molecule has 0 spiro atoms. The molecule has 4 aliphatic heterocycles. The SMILES string of the molecule is CN1C[C@H](C(=O)N[C@]2(C)O[C@@]3(O)[C@@H]4CCCN4C(=O)[C@H](CC4CCCCC4)N3C2=O)C=C2c3cccc4[nH]cc(c34)C[C@H]21.